The summed E-state index contributed by atoms with van der Waals surface area (Å²) in [6.45, 7) is 0.469. The fraction of sp³-hybridized carbons (Fsp3) is 0.351. The number of fused-ring (bicyclic) bond motifs is 6. The fourth-order valence-corrected chi connectivity index (χ4v) is 7.95. The third-order valence-electron chi connectivity index (χ3n) is 9.58. The number of hydrogen-bond donors (Lipinski definition) is 2. The van der Waals surface area contributed by atoms with Crippen molar-refractivity contribution in [2.45, 2.75) is 68.6 Å². The van der Waals surface area contributed by atoms with Gasteiger partial charge in [-0.15, -0.1) is 0 Å². The maximum absolute atomic E-state index is 9.81. The quantitative estimate of drug-likeness (QED) is 0.186. The molecule has 2 heteroatoms. The van der Waals surface area contributed by atoms with Gasteiger partial charge in [-0.3, -0.25) is 0 Å². The van der Waals surface area contributed by atoms with Crippen LogP contribution >= 0.6 is 0 Å². The van der Waals surface area contributed by atoms with Gasteiger partial charge in [0.15, 0.2) is 0 Å². The predicted molar refractivity (Wildman–Crippen MR) is 161 cm³/mol. The van der Waals surface area contributed by atoms with Crippen molar-refractivity contribution < 1.29 is 10.2 Å². The van der Waals surface area contributed by atoms with Crippen molar-refractivity contribution in [2.75, 3.05) is 13.2 Å². The summed E-state index contributed by atoms with van der Waals surface area (Å²) < 4.78 is 0. The highest BCUT2D eigenvalue weighted by molar-refractivity contribution is 5.82. The van der Waals surface area contributed by atoms with Crippen LogP contribution in [0.3, 0.4) is 0 Å². The van der Waals surface area contributed by atoms with Gasteiger partial charge in [0, 0.05) is 24.0 Å². The van der Waals surface area contributed by atoms with E-state index < -0.39 is 0 Å². The van der Waals surface area contributed by atoms with Gasteiger partial charge in [0.1, 0.15) is 0 Å². The van der Waals surface area contributed by atoms with Gasteiger partial charge in [0.2, 0.25) is 0 Å². The first-order chi connectivity index (χ1) is 19.2. The van der Waals surface area contributed by atoms with E-state index in [4.69, 9.17) is 0 Å². The zero-order chi connectivity index (χ0) is 26.7. The highest BCUT2D eigenvalue weighted by atomic mass is 16.3. The molecule has 0 heterocycles. The molecule has 2 N–H and O–H groups in total. The first-order valence-electron chi connectivity index (χ1n) is 14.9. The molecule has 0 spiro atoms. The lowest BCUT2D eigenvalue weighted by atomic mass is 9.69. The molecule has 2 aliphatic rings. The van der Waals surface area contributed by atoms with E-state index in [1.165, 1.54) is 50.9 Å². The summed E-state index contributed by atoms with van der Waals surface area (Å²) in [5.74, 6) is 0. The summed E-state index contributed by atoms with van der Waals surface area (Å²) in [6.07, 6.45) is 9.32. The number of hydrogen-bond acceptors (Lipinski definition) is 2. The Morgan fingerprint density at radius 2 is 0.641 bits per heavy atom. The van der Waals surface area contributed by atoms with Gasteiger partial charge >= 0.3 is 0 Å². The second-order valence-corrected chi connectivity index (χ2v) is 11.6. The first kappa shape index (κ1) is 26.0. The van der Waals surface area contributed by atoms with E-state index in [1.54, 1.807) is 0 Å². The smallest absolute Gasteiger partial charge is 0.0431 e. The highest BCUT2D eigenvalue weighted by Gasteiger charge is 2.43. The van der Waals surface area contributed by atoms with Gasteiger partial charge in [-0.25, -0.2) is 0 Å². The number of benzene rings is 4. The fourth-order valence-electron chi connectivity index (χ4n) is 7.95. The van der Waals surface area contributed by atoms with Crippen LogP contribution in [0.15, 0.2) is 97.1 Å². The first-order valence-corrected chi connectivity index (χ1v) is 14.9. The Kier molecular flexibility index (Phi) is 7.42. The van der Waals surface area contributed by atoms with Gasteiger partial charge < -0.3 is 10.2 Å². The van der Waals surface area contributed by atoms with Crippen LogP contribution < -0.4 is 0 Å². The molecular weight excluding hydrogens is 476 g/mol. The Morgan fingerprint density at radius 3 is 0.949 bits per heavy atom. The average Bonchev–Trinajstić information content (AvgIpc) is 3.43. The molecule has 0 fully saturated rings. The van der Waals surface area contributed by atoms with Crippen molar-refractivity contribution in [3.63, 3.8) is 0 Å². The number of rotatable bonds is 12. The normalized spacial score (nSPS) is 15.4. The van der Waals surface area contributed by atoms with Crippen molar-refractivity contribution in [3.8, 4) is 22.3 Å². The summed E-state index contributed by atoms with van der Waals surface area (Å²) in [4.78, 5) is 0. The molecule has 0 amide bonds. The Balaban J connectivity index is 1.24. The molecule has 0 atom stereocenters. The Bertz CT molecular complexity index is 1230. The average molecular weight is 517 g/mol. The monoisotopic (exact) mass is 516 g/mol. The lowest BCUT2D eigenvalue weighted by molar-refractivity contribution is 0.262. The molecule has 0 aliphatic heterocycles. The molecule has 200 valence electrons. The van der Waals surface area contributed by atoms with Crippen molar-refractivity contribution in [1.82, 2.24) is 0 Å². The Hall–Kier alpha value is -3.20. The van der Waals surface area contributed by atoms with Crippen molar-refractivity contribution in [1.29, 1.82) is 0 Å². The van der Waals surface area contributed by atoms with Crippen LogP contribution in [0.2, 0.25) is 0 Å². The predicted octanol–water partition coefficient (Wildman–Crippen LogP) is 8.42. The van der Waals surface area contributed by atoms with Crippen LogP contribution in [0.25, 0.3) is 22.3 Å². The molecular formula is C37H40O2. The third-order valence-corrected chi connectivity index (χ3v) is 9.58. The van der Waals surface area contributed by atoms with Gasteiger partial charge in [-0.1, -0.05) is 116 Å². The van der Waals surface area contributed by atoms with Crippen LogP contribution in [0.5, 0.6) is 0 Å². The topological polar surface area (TPSA) is 40.5 Å². The van der Waals surface area contributed by atoms with Gasteiger partial charge in [-0.2, -0.15) is 0 Å². The standard InChI is InChI=1S/C37H40O2/c38-26-12-24-36(32-18-6-2-14-28(32)29-15-3-7-19-33(29)36)22-10-1-11-23-37(25-13-27-39)34-20-8-4-16-30(34)31-17-5-9-21-35(31)37/h2-9,14-21,38-39H,1,10-13,22-27H2. The molecule has 0 radical (unpaired) electrons. The summed E-state index contributed by atoms with van der Waals surface area (Å²) in [6, 6.07) is 35.7. The lowest BCUT2D eigenvalue weighted by Crippen LogP contribution is -2.27. The van der Waals surface area contributed by atoms with Crippen molar-refractivity contribution in [3.05, 3.63) is 119 Å². The van der Waals surface area contributed by atoms with Crippen LogP contribution in [0.4, 0.5) is 0 Å². The largest absolute Gasteiger partial charge is 0.396 e. The van der Waals surface area contributed by atoms with E-state index in [0.29, 0.717) is 0 Å². The maximum atomic E-state index is 9.81. The van der Waals surface area contributed by atoms with Crippen molar-refractivity contribution in [2.24, 2.45) is 0 Å². The van der Waals surface area contributed by atoms with E-state index in [1.807, 2.05) is 0 Å². The minimum Gasteiger partial charge on any atom is -0.396 e. The third kappa shape index (κ3) is 4.35. The van der Waals surface area contributed by atoms with Gasteiger partial charge in [0.25, 0.3) is 0 Å². The number of aliphatic hydroxyl groups is 2. The molecule has 0 bridgehead atoms. The second-order valence-electron chi connectivity index (χ2n) is 11.6. The molecule has 6 rings (SSSR count). The highest BCUT2D eigenvalue weighted by Crippen LogP contribution is 2.55. The van der Waals surface area contributed by atoms with Crippen LogP contribution in [0.1, 0.15) is 80.0 Å². The maximum Gasteiger partial charge on any atom is 0.0431 e. The minimum atomic E-state index is -0.0168. The van der Waals surface area contributed by atoms with E-state index in [9.17, 15) is 10.2 Å². The van der Waals surface area contributed by atoms with E-state index in [0.717, 1.165) is 51.4 Å². The Labute approximate surface area is 233 Å². The second kappa shape index (κ2) is 11.1. The van der Waals surface area contributed by atoms with Crippen molar-refractivity contribution >= 4 is 0 Å². The van der Waals surface area contributed by atoms with Gasteiger partial charge in [-0.05, 0) is 83.0 Å². The van der Waals surface area contributed by atoms with Crippen LogP contribution in [-0.2, 0) is 10.8 Å². The molecule has 2 aliphatic carbocycles. The summed E-state index contributed by atoms with van der Waals surface area (Å²) >= 11 is 0. The van der Waals surface area contributed by atoms with E-state index in [-0.39, 0.29) is 24.0 Å². The molecule has 0 saturated heterocycles. The Morgan fingerprint density at radius 1 is 0.359 bits per heavy atom. The number of unbranched alkanes of at least 4 members (excludes halogenated alkanes) is 2. The molecule has 4 aromatic rings. The molecule has 0 unspecified atom stereocenters. The molecule has 4 aromatic carbocycles. The molecule has 39 heavy (non-hydrogen) atoms. The summed E-state index contributed by atoms with van der Waals surface area (Å²) in [5, 5.41) is 19.6. The lowest BCUT2D eigenvalue weighted by Gasteiger charge is -2.34. The number of aliphatic hydroxyl groups excluding tert-OH is 2. The SMILES string of the molecule is OCCCC1(CCCCCC2(CCCO)c3ccccc3-c3ccccc32)c2ccccc2-c2ccccc21. The van der Waals surface area contributed by atoms with E-state index in [2.05, 4.69) is 97.1 Å². The molecule has 0 aromatic heterocycles. The summed E-state index contributed by atoms with van der Waals surface area (Å²) in [7, 11) is 0. The molecule has 0 saturated carbocycles. The summed E-state index contributed by atoms with van der Waals surface area (Å²) in [5.41, 5.74) is 11.2. The minimum absolute atomic E-state index is 0.0168. The van der Waals surface area contributed by atoms with Gasteiger partial charge in [0.05, 0.1) is 0 Å². The van der Waals surface area contributed by atoms with E-state index >= 15 is 0 Å². The zero-order valence-electron chi connectivity index (χ0n) is 22.9. The van der Waals surface area contributed by atoms with Crippen LogP contribution in [-0.4, -0.2) is 23.4 Å². The molecule has 2 nitrogen and oxygen atoms in total. The van der Waals surface area contributed by atoms with Crippen LogP contribution in [0, 0.1) is 0 Å². The zero-order valence-corrected chi connectivity index (χ0v) is 22.9.